The van der Waals surface area contributed by atoms with E-state index < -0.39 is 11.4 Å². The van der Waals surface area contributed by atoms with Crippen molar-refractivity contribution < 1.29 is 14.6 Å². The minimum atomic E-state index is -0.681. The summed E-state index contributed by atoms with van der Waals surface area (Å²) in [6, 6.07) is 0. The Morgan fingerprint density at radius 2 is 1.67 bits per heavy atom. The number of hydrogen-bond acceptors (Lipinski definition) is 2. The summed E-state index contributed by atoms with van der Waals surface area (Å²) < 4.78 is 5.31. The van der Waals surface area contributed by atoms with E-state index in [9.17, 15) is 9.90 Å². The molecule has 0 bridgehead atoms. The number of carboxylic acid groups (broad SMARTS) is 1. The Morgan fingerprint density at radius 1 is 1.20 bits per heavy atom. The summed E-state index contributed by atoms with van der Waals surface area (Å²) in [7, 11) is 1.67. The van der Waals surface area contributed by atoms with Crippen LogP contribution in [0.2, 0.25) is 0 Å². The molecule has 0 aromatic carbocycles. The highest BCUT2D eigenvalue weighted by molar-refractivity contribution is 5.74. The van der Waals surface area contributed by atoms with Crippen LogP contribution in [0.15, 0.2) is 0 Å². The quantitative estimate of drug-likeness (QED) is 0.711. The highest BCUT2D eigenvalue weighted by atomic mass is 16.5. The van der Waals surface area contributed by atoms with Gasteiger partial charge in [0.1, 0.15) is 0 Å². The first kappa shape index (κ1) is 14.4. The van der Waals surface area contributed by atoms with Crippen LogP contribution in [0.3, 0.4) is 0 Å². The van der Waals surface area contributed by atoms with E-state index in [0.29, 0.717) is 19.3 Å². The molecular weight excluding hydrogens is 192 g/mol. The van der Waals surface area contributed by atoms with E-state index in [-0.39, 0.29) is 5.60 Å². The van der Waals surface area contributed by atoms with Crippen molar-refractivity contribution in [2.24, 2.45) is 5.41 Å². The zero-order valence-electron chi connectivity index (χ0n) is 10.6. The standard InChI is InChI=1S/C12H24O3/c1-6-12(7-2,10(13)14)9-8-11(3,4)15-5/h6-9H2,1-5H3,(H,13,14). The Labute approximate surface area is 92.8 Å². The maximum atomic E-state index is 11.2. The third kappa shape index (κ3) is 3.82. The van der Waals surface area contributed by atoms with Gasteiger partial charge in [0, 0.05) is 7.11 Å². The molecule has 90 valence electrons. The zero-order chi connectivity index (χ0) is 12.1. The first-order valence-electron chi connectivity index (χ1n) is 5.62. The molecule has 3 heteroatoms. The molecule has 0 aliphatic rings. The molecule has 0 aliphatic carbocycles. The second-order valence-corrected chi connectivity index (χ2v) is 4.76. The van der Waals surface area contributed by atoms with Crippen molar-refractivity contribution in [1.82, 2.24) is 0 Å². The van der Waals surface area contributed by atoms with Crippen molar-refractivity contribution in [3.8, 4) is 0 Å². The minimum Gasteiger partial charge on any atom is -0.481 e. The maximum Gasteiger partial charge on any atom is 0.309 e. The molecule has 0 aromatic rings. The Balaban J connectivity index is 4.50. The number of hydrogen-bond donors (Lipinski definition) is 1. The van der Waals surface area contributed by atoms with Gasteiger partial charge in [-0.05, 0) is 39.5 Å². The van der Waals surface area contributed by atoms with Crippen LogP contribution in [-0.4, -0.2) is 23.8 Å². The van der Waals surface area contributed by atoms with Gasteiger partial charge in [-0.3, -0.25) is 4.79 Å². The van der Waals surface area contributed by atoms with Crippen LogP contribution in [0.4, 0.5) is 0 Å². The van der Waals surface area contributed by atoms with Crippen LogP contribution in [0.25, 0.3) is 0 Å². The lowest BCUT2D eigenvalue weighted by Gasteiger charge is -2.31. The lowest BCUT2D eigenvalue weighted by molar-refractivity contribution is -0.150. The fourth-order valence-corrected chi connectivity index (χ4v) is 1.66. The van der Waals surface area contributed by atoms with Crippen LogP contribution in [-0.2, 0) is 9.53 Å². The largest absolute Gasteiger partial charge is 0.481 e. The van der Waals surface area contributed by atoms with E-state index in [1.54, 1.807) is 7.11 Å². The van der Waals surface area contributed by atoms with Gasteiger partial charge < -0.3 is 9.84 Å². The van der Waals surface area contributed by atoms with Gasteiger partial charge in [-0.2, -0.15) is 0 Å². The Bertz CT molecular complexity index is 205. The molecular formula is C12H24O3. The minimum absolute atomic E-state index is 0.231. The van der Waals surface area contributed by atoms with Crippen LogP contribution in [0.1, 0.15) is 53.4 Å². The monoisotopic (exact) mass is 216 g/mol. The Morgan fingerprint density at radius 3 is 1.93 bits per heavy atom. The van der Waals surface area contributed by atoms with Crippen LogP contribution in [0.5, 0.6) is 0 Å². The highest BCUT2D eigenvalue weighted by Gasteiger charge is 2.36. The van der Waals surface area contributed by atoms with E-state index in [2.05, 4.69) is 0 Å². The molecule has 0 aromatic heterocycles. The molecule has 15 heavy (non-hydrogen) atoms. The molecule has 0 unspecified atom stereocenters. The molecule has 0 radical (unpaired) electrons. The van der Waals surface area contributed by atoms with Gasteiger partial charge in [-0.25, -0.2) is 0 Å². The molecule has 0 saturated heterocycles. The number of rotatable bonds is 7. The van der Waals surface area contributed by atoms with E-state index in [4.69, 9.17) is 4.74 Å². The maximum absolute atomic E-state index is 11.2. The topological polar surface area (TPSA) is 46.5 Å². The fraction of sp³-hybridized carbons (Fsp3) is 0.917. The summed E-state index contributed by atoms with van der Waals surface area (Å²) in [6.07, 6.45) is 2.81. The number of carbonyl (C=O) groups is 1. The molecule has 0 saturated carbocycles. The predicted octanol–water partition coefficient (Wildman–Crippen LogP) is 3.08. The van der Waals surface area contributed by atoms with Gasteiger partial charge >= 0.3 is 5.97 Å². The summed E-state index contributed by atoms with van der Waals surface area (Å²) in [6.45, 7) is 7.87. The van der Waals surface area contributed by atoms with Gasteiger partial charge in [0.05, 0.1) is 11.0 Å². The van der Waals surface area contributed by atoms with Crippen molar-refractivity contribution in [2.75, 3.05) is 7.11 Å². The van der Waals surface area contributed by atoms with Gasteiger partial charge in [-0.1, -0.05) is 13.8 Å². The first-order valence-corrected chi connectivity index (χ1v) is 5.62. The van der Waals surface area contributed by atoms with Gasteiger partial charge in [-0.15, -0.1) is 0 Å². The molecule has 0 spiro atoms. The molecule has 0 fully saturated rings. The van der Waals surface area contributed by atoms with Gasteiger partial charge in [0.15, 0.2) is 0 Å². The number of ether oxygens (including phenoxy) is 1. The summed E-state index contributed by atoms with van der Waals surface area (Å²) in [5.41, 5.74) is -0.805. The summed E-state index contributed by atoms with van der Waals surface area (Å²) >= 11 is 0. The van der Waals surface area contributed by atoms with Crippen molar-refractivity contribution in [2.45, 2.75) is 59.0 Å². The molecule has 3 nitrogen and oxygen atoms in total. The number of aliphatic carboxylic acids is 1. The Hall–Kier alpha value is -0.570. The molecule has 0 atom stereocenters. The summed E-state index contributed by atoms with van der Waals surface area (Å²) in [5, 5.41) is 9.25. The van der Waals surface area contributed by atoms with E-state index in [1.165, 1.54) is 0 Å². The number of methoxy groups -OCH3 is 1. The summed E-state index contributed by atoms with van der Waals surface area (Å²) in [5.74, 6) is -0.681. The van der Waals surface area contributed by atoms with Crippen molar-refractivity contribution >= 4 is 5.97 Å². The first-order chi connectivity index (χ1) is 6.83. The molecule has 1 N–H and O–H groups in total. The van der Waals surface area contributed by atoms with Gasteiger partial charge in [0.25, 0.3) is 0 Å². The van der Waals surface area contributed by atoms with E-state index >= 15 is 0 Å². The second-order valence-electron chi connectivity index (χ2n) is 4.76. The SMILES string of the molecule is CCC(CC)(CCC(C)(C)OC)C(=O)O. The lowest BCUT2D eigenvalue weighted by atomic mass is 9.76. The van der Waals surface area contributed by atoms with Crippen LogP contribution in [0, 0.1) is 5.41 Å². The van der Waals surface area contributed by atoms with E-state index in [0.717, 1.165) is 6.42 Å². The van der Waals surface area contributed by atoms with Crippen molar-refractivity contribution in [1.29, 1.82) is 0 Å². The zero-order valence-corrected chi connectivity index (χ0v) is 10.6. The fourth-order valence-electron chi connectivity index (χ4n) is 1.66. The average Bonchev–Trinajstić information content (AvgIpc) is 2.20. The third-order valence-corrected chi connectivity index (χ3v) is 3.57. The van der Waals surface area contributed by atoms with Gasteiger partial charge in [0.2, 0.25) is 0 Å². The Kier molecular flexibility index (Phi) is 5.29. The molecule has 0 heterocycles. The van der Waals surface area contributed by atoms with Crippen LogP contribution >= 0.6 is 0 Å². The molecule has 0 amide bonds. The smallest absolute Gasteiger partial charge is 0.309 e. The number of carboxylic acids is 1. The molecule has 0 aliphatic heterocycles. The summed E-state index contributed by atoms with van der Waals surface area (Å²) in [4.78, 5) is 11.2. The normalized spacial score (nSPS) is 12.9. The average molecular weight is 216 g/mol. The van der Waals surface area contributed by atoms with Crippen LogP contribution < -0.4 is 0 Å². The lowest BCUT2D eigenvalue weighted by Crippen LogP contribution is -2.33. The molecule has 0 rings (SSSR count). The van der Waals surface area contributed by atoms with Crippen molar-refractivity contribution in [3.05, 3.63) is 0 Å². The van der Waals surface area contributed by atoms with Crippen molar-refractivity contribution in [3.63, 3.8) is 0 Å². The second kappa shape index (κ2) is 5.50. The van der Waals surface area contributed by atoms with E-state index in [1.807, 2.05) is 27.7 Å². The highest BCUT2D eigenvalue weighted by Crippen LogP contribution is 2.35. The third-order valence-electron chi connectivity index (χ3n) is 3.57. The predicted molar refractivity (Wildman–Crippen MR) is 61.0 cm³/mol.